The summed E-state index contributed by atoms with van der Waals surface area (Å²) in [6.07, 6.45) is 3.91. The van der Waals surface area contributed by atoms with Gasteiger partial charge in [0.2, 0.25) is 5.91 Å². The largest absolute Gasteiger partial charge is 0.324 e. The number of amides is 1. The summed E-state index contributed by atoms with van der Waals surface area (Å²) in [5, 5.41) is 2.89. The molecule has 1 aliphatic rings. The van der Waals surface area contributed by atoms with Crippen molar-refractivity contribution in [3.8, 4) is 0 Å². The fourth-order valence-electron chi connectivity index (χ4n) is 2.46. The number of aryl methyl sites for hydroxylation is 1. The molecule has 0 spiro atoms. The topological polar surface area (TPSA) is 49.4 Å². The van der Waals surface area contributed by atoms with E-state index < -0.39 is 0 Å². The van der Waals surface area contributed by atoms with E-state index in [2.05, 4.69) is 21.2 Å². The molecule has 0 bridgehead atoms. The SMILES string of the molecule is Cc1ccc(NC(=O)CN2CCCCC2C=O)c(Br)c1. The maximum atomic E-state index is 12.1. The average molecular weight is 339 g/mol. The molecular weight excluding hydrogens is 320 g/mol. The van der Waals surface area contributed by atoms with E-state index in [0.717, 1.165) is 47.8 Å². The van der Waals surface area contributed by atoms with Gasteiger partial charge < -0.3 is 10.1 Å². The molecule has 1 heterocycles. The van der Waals surface area contributed by atoms with Crippen LogP contribution < -0.4 is 5.32 Å². The molecule has 1 aliphatic heterocycles. The van der Waals surface area contributed by atoms with Crippen LogP contribution in [0.15, 0.2) is 22.7 Å². The van der Waals surface area contributed by atoms with Gasteiger partial charge in [0.25, 0.3) is 0 Å². The van der Waals surface area contributed by atoms with Crippen molar-refractivity contribution >= 4 is 33.8 Å². The number of piperidine rings is 1. The molecule has 108 valence electrons. The highest BCUT2D eigenvalue weighted by Gasteiger charge is 2.23. The maximum Gasteiger partial charge on any atom is 0.238 e. The average Bonchev–Trinajstić information content (AvgIpc) is 2.42. The Kier molecular flexibility index (Phi) is 5.31. The molecular formula is C15H19BrN2O2. The summed E-state index contributed by atoms with van der Waals surface area (Å²) < 4.78 is 0.872. The highest BCUT2D eigenvalue weighted by atomic mass is 79.9. The third kappa shape index (κ3) is 3.90. The number of carbonyl (C=O) groups excluding carboxylic acids is 2. The van der Waals surface area contributed by atoms with Gasteiger partial charge in [-0.05, 0) is 59.9 Å². The van der Waals surface area contributed by atoms with Crippen LogP contribution in [0.25, 0.3) is 0 Å². The number of nitrogens with zero attached hydrogens (tertiary/aromatic N) is 1. The molecule has 1 atom stereocenters. The molecule has 0 saturated carbocycles. The Morgan fingerprint density at radius 1 is 1.50 bits per heavy atom. The predicted molar refractivity (Wildman–Crippen MR) is 82.8 cm³/mol. The minimum Gasteiger partial charge on any atom is -0.324 e. The van der Waals surface area contributed by atoms with Crippen LogP contribution >= 0.6 is 15.9 Å². The van der Waals surface area contributed by atoms with Crippen molar-refractivity contribution < 1.29 is 9.59 Å². The number of nitrogens with one attached hydrogen (secondary N) is 1. The van der Waals surface area contributed by atoms with Crippen LogP contribution in [0.3, 0.4) is 0 Å². The quantitative estimate of drug-likeness (QED) is 0.858. The first-order valence-electron chi connectivity index (χ1n) is 6.85. The Bertz CT molecular complexity index is 505. The molecule has 2 rings (SSSR count). The number of benzene rings is 1. The van der Waals surface area contributed by atoms with Crippen molar-refractivity contribution in [3.63, 3.8) is 0 Å². The second kappa shape index (κ2) is 6.99. The summed E-state index contributed by atoms with van der Waals surface area (Å²) in [5.74, 6) is -0.0803. The monoisotopic (exact) mass is 338 g/mol. The predicted octanol–water partition coefficient (Wildman–Crippen LogP) is 2.75. The van der Waals surface area contributed by atoms with Gasteiger partial charge in [0.15, 0.2) is 0 Å². The zero-order valence-corrected chi connectivity index (χ0v) is 13.1. The zero-order chi connectivity index (χ0) is 14.5. The lowest BCUT2D eigenvalue weighted by Crippen LogP contribution is -2.44. The second-order valence-corrected chi connectivity index (χ2v) is 6.06. The number of hydrogen-bond acceptors (Lipinski definition) is 3. The van der Waals surface area contributed by atoms with Crippen molar-refractivity contribution in [2.45, 2.75) is 32.2 Å². The standard InChI is InChI=1S/C15H19BrN2O2/c1-11-5-6-14(13(16)8-11)17-15(20)9-18-7-3-2-4-12(18)10-19/h5-6,8,10,12H,2-4,7,9H2,1H3,(H,17,20). The molecule has 1 fully saturated rings. The number of likely N-dealkylation sites (tertiary alicyclic amines) is 1. The van der Waals surface area contributed by atoms with Gasteiger partial charge in [-0.25, -0.2) is 0 Å². The first kappa shape index (κ1) is 15.2. The van der Waals surface area contributed by atoms with Crippen LogP contribution in [0.5, 0.6) is 0 Å². The van der Waals surface area contributed by atoms with Gasteiger partial charge in [-0.2, -0.15) is 0 Å². The zero-order valence-electron chi connectivity index (χ0n) is 11.6. The lowest BCUT2D eigenvalue weighted by Gasteiger charge is -2.31. The van der Waals surface area contributed by atoms with E-state index >= 15 is 0 Å². The van der Waals surface area contributed by atoms with Crippen molar-refractivity contribution in [3.05, 3.63) is 28.2 Å². The number of aldehydes is 1. The number of anilines is 1. The first-order valence-corrected chi connectivity index (χ1v) is 7.65. The molecule has 0 radical (unpaired) electrons. The molecule has 1 aromatic rings. The molecule has 4 nitrogen and oxygen atoms in total. The summed E-state index contributed by atoms with van der Waals surface area (Å²) in [6.45, 7) is 3.08. The van der Waals surface area contributed by atoms with E-state index in [1.165, 1.54) is 0 Å². The molecule has 1 unspecified atom stereocenters. The van der Waals surface area contributed by atoms with Crippen molar-refractivity contribution in [2.24, 2.45) is 0 Å². The highest BCUT2D eigenvalue weighted by molar-refractivity contribution is 9.10. The van der Waals surface area contributed by atoms with Crippen molar-refractivity contribution in [1.29, 1.82) is 0 Å². The van der Waals surface area contributed by atoms with Gasteiger partial charge in [0.05, 0.1) is 18.3 Å². The third-order valence-corrected chi connectivity index (χ3v) is 4.22. The van der Waals surface area contributed by atoms with Crippen LogP contribution in [-0.4, -0.2) is 36.2 Å². The van der Waals surface area contributed by atoms with Gasteiger partial charge in [0, 0.05) is 4.47 Å². The Hall–Kier alpha value is -1.20. The Morgan fingerprint density at radius 2 is 2.30 bits per heavy atom. The Balaban J connectivity index is 1.96. The highest BCUT2D eigenvalue weighted by Crippen LogP contribution is 2.23. The van der Waals surface area contributed by atoms with Crippen LogP contribution in [0.2, 0.25) is 0 Å². The van der Waals surface area contributed by atoms with Gasteiger partial charge in [-0.15, -0.1) is 0 Å². The van der Waals surface area contributed by atoms with Crippen LogP contribution in [0.4, 0.5) is 5.69 Å². The van der Waals surface area contributed by atoms with E-state index in [9.17, 15) is 9.59 Å². The fraction of sp³-hybridized carbons (Fsp3) is 0.467. The fourth-order valence-corrected chi connectivity index (χ4v) is 3.06. The lowest BCUT2D eigenvalue weighted by atomic mass is 10.0. The molecule has 1 saturated heterocycles. The summed E-state index contributed by atoms with van der Waals surface area (Å²) in [6, 6.07) is 5.68. The number of rotatable bonds is 4. The van der Waals surface area contributed by atoms with Gasteiger partial charge in [0.1, 0.15) is 6.29 Å². The minimum atomic E-state index is -0.115. The van der Waals surface area contributed by atoms with Crippen LogP contribution in [0.1, 0.15) is 24.8 Å². The smallest absolute Gasteiger partial charge is 0.238 e. The molecule has 0 aromatic heterocycles. The van der Waals surface area contributed by atoms with Gasteiger partial charge in [-0.1, -0.05) is 12.5 Å². The Labute approximate surface area is 127 Å². The van der Waals surface area contributed by atoms with E-state index in [4.69, 9.17) is 0 Å². The second-order valence-electron chi connectivity index (χ2n) is 5.20. The van der Waals surface area contributed by atoms with Gasteiger partial charge in [-0.3, -0.25) is 9.69 Å². The molecule has 20 heavy (non-hydrogen) atoms. The summed E-state index contributed by atoms with van der Waals surface area (Å²) in [7, 11) is 0. The van der Waals surface area contributed by atoms with E-state index in [-0.39, 0.29) is 18.5 Å². The van der Waals surface area contributed by atoms with E-state index in [0.29, 0.717) is 0 Å². The maximum absolute atomic E-state index is 12.1. The lowest BCUT2D eigenvalue weighted by molar-refractivity contribution is -0.120. The molecule has 1 N–H and O–H groups in total. The normalized spacial score (nSPS) is 19.6. The first-order chi connectivity index (χ1) is 9.60. The van der Waals surface area contributed by atoms with Crippen molar-refractivity contribution in [1.82, 2.24) is 4.90 Å². The van der Waals surface area contributed by atoms with Crippen molar-refractivity contribution in [2.75, 3.05) is 18.4 Å². The van der Waals surface area contributed by atoms with Crippen LogP contribution in [-0.2, 0) is 9.59 Å². The summed E-state index contributed by atoms with van der Waals surface area (Å²) in [4.78, 5) is 25.1. The molecule has 1 amide bonds. The van der Waals surface area contributed by atoms with Crippen LogP contribution in [0, 0.1) is 6.92 Å². The van der Waals surface area contributed by atoms with E-state index in [1.807, 2.05) is 30.0 Å². The number of carbonyl (C=O) groups is 2. The molecule has 0 aliphatic carbocycles. The Morgan fingerprint density at radius 3 is 3.00 bits per heavy atom. The number of halogens is 1. The molecule has 5 heteroatoms. The van der Waals surface area contributed by atoms with Gasteiger partial charge >= 0.3 is 0 Å². The molecule has 1 aromatic carbocycles. The van der Waals surface area contributed by atoms with E-state index in [1.54, 1.807) is 0 Å². The number of hydrogen-bond donors (Lipinski definition) is 1. The summed E-state index contributed by atoms with van der Waals surface area (Å²) in [5.41, 5.74) is 1.90. The summed E-state index contributed by atoms with van der Waals surface area (Å²) >= 11 is 3.44. The third-order valence-electron chi connectivity index (χ3n) is 3.57. The minimum absolute atomic E-state index is 0.0803.